The van der Waals surface area contributed by atoms with Gasteiger partial charge in [0, 0.05) is 50.3 Å². The first-order valence-electron chi connectivity index (χ1n) is 16.3. The highest BCUT2D eigenvalue weighted by Crippen LogP contribution is 2.38. The normalized spacial score (nSPS) is 18.8. The highest BCUT2D eigenvalue weighted by molar-refractivity contribution is 6.03. The molecule has 0 spiro atoms. The third-order valence-corrected chi connectivity index (χ3v) is 9.25. The average molecular weight is 664 g/mol. The first kappa shape index (κ1) is 33.4. The second kappa shape index (κ2) is 14.3. The smallest absolute Gasteiger partial charge is 0.252 e. The van der Waals surface area contributed by atoms with Gasteiger partial charge in [-0.25, -0.2) is 8.78 Å². The van der Waals surface area contributed by atoms with E-state index in [0.29, 0.717) is 56.0 Å². The van der Waals surface area contributed by atoms with Gasteiger partial charge in [0.1, 0.15) is 11.5 Å². The third-order valence-electron chi connectivity index (χ3n) is 9.25. The zero-order chi connectivity index (χ0) is 33.9. The quantitative estimate of drug-likeness (QED) is 0.199. The number of rotatable bonds is 12. The molecule has 2 atom stereocenters. The number of carbonyl (C=O) groups is 2. The maximum Gasteiger partial charge on any atom is 0.252 e. The SMILES string of the molecule is COc1cc(CN(C(=O)C2=C(c3ccc(CCCOc4c(F)ccc(F)c4F)cc3)CC3CN(C(C)=O)CC2N3)C2CC2)cc(OC)c1. The van der Waals surface area contributed by atoms with Gasteiger partial charge in [-0.3, -0.25) is 9.59 Å². The summed E-state index contributed by atoms with van der Waals surface area (Å²) in [4.78, 5) is 30.9. The Morgan fingerprint density at radius 3 is 2.25 bits per heavy atom. The maximum atomic E-state index is 14.7. The molecular weight excluding hydrogens is 623 g/mol. The minimum atomic E-state index is -1.33. The van der Waals surface area contributed by atoms with Crippen LogP contribution in [0.3, 0.4) is 0 Å². The summed E-state index contributed by atoms with van der Waals surface area (Å²) in [6.45, 7) is 2.95. The fraction of sp³-hybridized carbons (Fsp3) is 0.405. The molecule has 3 aliphatic rings. The van der Waals surface area contributed by atoms with E-state index >= 15 is 0 Å². The number of piperazine rings is 1. The van der Waals surface area contributed by atoms with Crippen molar-refractivity contribution in [3.8, 4) is 17.2 Å². The van der Waals surface area contributed by atoms with Crippen LogP contribution in [0.5, 0.6) is 17.2 Å². The summed E-state index contributed by atoms with van der Waals surface area (Å²) in [5.74, 6) is -2.91. The fourth-order valence-electron chi connectivity index (χ4n) is 6.65. The maximum absolute atomic E-state index is 14.7. The lowest BCUT2D eigenvalue weighted by Crippen LogP contribution is -2.61. The van der Waals surface area contributed by atoms with Gasteiger partial charge in [0.2, 0.25) is 11.7 Å². The summed E-state index contributed by atoms with van der Waals surface area (Å²) >= 11 is 0. The minimum absolute atomic E-state index is 0.0108. The molecule has 11 heteroatoms. The number of halogens is 3. The number of nitrogens with zero attached hydrogens (tertiary/aromatic N) is 2. The summed E-state index contributed by atoms with van der Waals surface area (Å²) in [5.41, 5.74) is 4.48. The monoisotopic (exact) mass is 663 g/mol. The molecule has 3 aromatic carbocycles. The number of nitrogens with one attached hydrogen (secondary N) is 1. The summed E-state index contributed by atoms with van der Waals surface area (Å²) in [5, 5.41) is 3.62. The molecule has 1 saturated carbocycles. The number of methoxy groups -OCH3 is 2. The van der Waals surface area contributed by atoms with Crippen molar-refractivity contribution in [3.05, 3.63) is 94.3 Å². The second-order valence-corrected chi connectivity index (χ2v) is 12.6. The van der Waals surface area contributed by atoms with Gasteiger partial charge in [-0.2, -0.15) is 4.39 Å². The van der Waals surface area contributed by atoms with E-state index in [1.165, 1.54) is 0 Å². The lowest BCUT2D eigenvalue weighted by Gasteiger charge is -2.44. The molecular formula is C37H40F3N3O5. The molecule has 2 aliphatic heterocycles. The summed E-state index contributed by atoms with van der Waals surface area (Å²) in [6, 6.07) is 15.0. The molecule has 8 nitrogen and oxygen atoms in total. The Bertz CT molecular complexity index is 1690. The van der Waals surface area contributed by atoms with Crippen molar-refractivity contribution in [1.29, 1.82) is 0 Å². The molecule has 2 bridgehead atoms. The number of aryl methyl sites for hydroxylation is 1. The molecule has 1 N–H and O–H groups in total. The van der Waals surface area contributed by atoms with Gasteiger partial charge in [-0.05, 0) is 78.6 Å². The first-order valence-corrected chi connectivity index (χ1v) is 16.3. The van der Waals surface area contributed by atoms with Crippen LogP contribution in [-0.4, -0.2) is 73.7 Å². The Morgan fingerprint density at radius 2 is 1.60 bits per heavy atom. The van der Waals surface area contributed by atoms with E-state index < -0.39 is 23.2 Å². The van der Waals surface area contributed by atoms with Gasteiger partial charge < -0.3 is 29.3 Å². The van der Waals surface area contributed by atoms with E-state index in [1.54, 1.807) is 27.2 Å². The molecule has 2 amide bonds. The number of fused-ring (bicyclic) bond motifs is 2. The number of hydrogen-bond donors (Lipinski definition) is 1. The van der Waals surface area contributed by atoms with E-state index in [2.05, 4.69) is 5.32 Å². The highest BCUT2D eigenvalue weighted by Gasteiger charge is 2.43. The van der Waals surface area contributed by atoms with Gasteiger partial charge in [0.15, 0.2) is 17.4 Å². The molecule has 0 radical (unpaired) electrons. The third kappa shape index (κ3) is 7.31. The first-order chi connectivity index (χ1) is 23.1. The number of benzene rings is 3. The molecule has 1 saturated heterocycles. The van der Waals surface area contributed by atoms with Crippen LogP contribution in [0.15, 0.2) is 60.2 Å². The van der Waals surface area contributed by atoms with Crippen molar-refractivity contribution in [2.24, 2.45) is 0 Å². The number of hydrogen-bond acceptors (Lipinski definition) is 6. The van der Waals surface area contributed by atoms with Gasteiger partial charge >= 0.3 is 0 Å². The standard InChI is InChI=1S/C37H40F3N3O5/c1-22(44)42-20-26-17-30(25-8-6-23(7-9-25)5-4-14-48-36-32(39)13-12-31(38)35(36)40)34(33(21-42)41-26)37(45)43(27-10-11-27)19-24-15-28(46-2)18-29(16-24)47-3/h6-9,12-13,15-16,18,26-27,33,41H,4-5,10-11,14,17,19-21H2,1-3H3. The summed E-state index contributed by atoms with van der Waals surface area (Å²) in [7, 11) is 3.20. The molecule has 1 aliphatic carbocycles. The summed E-state index contributed by atoms with van der Waals surface area (Å²) in [6.07, 6.45) is 3.47. The predicted octanol–water partition coefficient (Wildman–Crippen LogP) is 5.67. The van der Waals surface area contributed by atoms with Crippen LogP contribution >= 0.6 is 0 Å². The Morgan fingerprint density at radius 1 is 0.917 bits per heavy atom. The molecule has 2 unspecified atom stereocenters. The van der Waals surface area contributed by atoms with Crippen molar-refractivity contribution in [2.75, 3.05) is 33.9 Å². The second-order valence-electron chi connectivity index (χ2n) is 12.6. The van der Waals surface area contributed by atoms with Crippen molar-refractivity contribution in [3.63, 3.8) is 0 Å². The van der Waals surface area contributed by atoms with Crippen molar-refractivity contribution in [2.45, 2.75) is 63.7 Å². The van der Waals surface area contributed by atoms with E-state index in [9.17, 15) is 22.8 Å². The van der Waals surface area contributed by atoms with Crippen molar-refractivity contribution in [1.82, 2.24) is 15.1 Å². The zero-order valence-corrected chi connectivity index (χ0v) is 27.4. The van der Waals surface area contributed by atoms with Gasteiger partial charge in [-0.15, -0.1) is 0 Å². The van der Waals surface area contributed by atoms with E-state index in [0.717, 1.165) is 47.2 Å². The molecule has 2 heterocycles. The van der Waals surface area contributed by atoms with Crippen molar-refractivity contribution >= 4 is 17.4 Å². The topological polar surface area (TPSA) is 80.3 Å². The van der Waals surface area contributed by atoms with Crippen LogP contribution in [0.2, 0.25) is 0 Å². The Labute approximate surface area is 278 Å². The largest absolute Gasteiger partial charge is 0.497 e. The molecule has 3 aromatic rings. The van der Waals surface area contributed by atoms with Gasteiger partial charge in [0.05, 0.1) is 26.9 Å². The predicted molar refractivity (Wildman–Crippen MR) is 174 cm³/mol. The van der Waals surface area contributed by atoms with Crippen LogP contribution in [0.4, 0.5) is 13.2 Å². The van der Waals surface area contributed by atoms with Crippen LogP contribution in [-0.2, 0) is 22.6 Å². The summed E-state index contributed by atoms with van der Waals surface area (Å²) < 4.78 is 57.5. The molecule has 2 fully saturated rings. The lowest BCUT2D eigenvalue weighted by atomic mass is 9.82. The van der Waals surface area contributed by atoms with Crippen molar-refractivity contribution < 1.29 is 37.0 Å². The van der Waals surface area contributed by atoms with E-state index in [-0.39, 0.29) is 36.5 Å². The fourth-order valence-corrected chi connectivity index (χ4v) is 6.65. The highest BCUT2D eigenvalue weighted by atomic mass is 19.2. The number of ether oxygens (including phenoxy) is 3. The Hall–Kier alpha value is -4.51. The zero-order valence-electron chi connectivity index (χ0n) is 27.4. The van der Waals surface area contributed by atoms with Crippen LogP contribution in [0.1, 0.15) is 49.3 Å². The minimum Gasteiger partial charge on any atom is -0.497 e. The average Bonchev–Trinajstić information content (AvgIpc) is 3.93. The lowest BCUT2D eigenvalue weighted by molar-refractivity contribution is -0.132. The van der Waals surface area contributed by atoms with Gasteiger partial charge in [-0.1, -0.05) is 24.3 Å². The molecule has 48 heavy (non-hydrogen) atoms. The Balaban J connectivity index is 1.24. The molecule has 0 aromatic heterocycles. The number of amides is 2. The van der Waals surface area contributed by atoms with E-state index in [4.69, 9.17) is 14.2 Å². The Kier molecular flexibility index (Phi) is 9.96. The van der Waals surface area contributed by atoms with Crippen LogP contribution in [0.25, 0.3) is 5.57 Å². The molecule has 254 valence electrons. The van der Waals surface area contributed by atoms with Crippen LogP contribution < -0.4 is 19.5 Å². The van der Waals surface area contributed by atoms with Crippen LogP contribution in [0, 0.1) is 17.5 Å². The van der Waals surface area contributed by atoms with Gasteiger partial charge in [0.25, 0.3) is 5.91 Å². The molecule has 6 rings (SSSR count). The van der Waals surface area contributed by atoms with E-state index in [1.807, 2.05) is 46.2 Å². The number of carbonyl (C=O) groups excluding carboxylic acids is 2.